The molecule has 100 valence electrons. The summed E-state index contributed by atoms with van der Waals surface area (Å²) < 4.78 is 0. The molecule has 1 heterocycles. The molecule has 5 aliphatic rings. The van der Waals surface area contributed by atoms with E-state index in [4.69, 9.17) is 0 Å². The van der Waals surface area contributed by atoms with Crippen molar-refractivity contribution in [1.82, 2.24) is 10.2 Å². The van der Waals surface area contributed by atoms with E-state index >= 15 is 0 Å². The molecule has 2 bridgehead atoms. The number of likely N-dealkylation sites (tertiary alicyclic amines) is 1. The molecule has 4 aliphatic carbocycles. The summed E-state index contributed by atoms with van der Waals surface area (Å²) in [4.78, 5) is 2.89. The smallest absolute Gasteiger partial charge is 0.0198 e. The predicted molar refractivity (Wildman–Crippen MR) is 72.4 cm³/mol. The quantitative estimate of drug-likeness (QED) is 0.821. The van der Waals surface area contributed by atoms with E-state index in [9.17, 15) is 0 Å². The molecule has 5 rings (SSSR count). The van der Waals surface area contributed by atoms with E-state index in [0.717, 1.165) is 41.8 Å². The van der Waals surface area contributed by atoms with Crippen molar-refractivity contribution < 1.29 is 0 Å². The van der Waals surface area contributed by atoms with Crippen LogP contribution in [0.2, 0.25) is 0 Å². The first kappa shape index (κ1) is 10.7. The number of piperidine rings is 1. The zero-order valence-corrected chi connectivity index (χ0v) is 11.4. The Morgan fingerprint density at radius 3 is 2.33 bits per heavy atom. The fourth-order valence-electron chi connectivity index (χ4n) is 5.76. The third kappa shape index (κ3) is 1.54. The van der Waals surface area contributed by atoms with Crippen LogP contribution in [0.25, 0.3) is 0 Å². The molecule has 5 atom stereocenters. The van der Waals surface area contributed by atoms with Crippen LogP contribution < -0.4 is 5.32 Å². The van der Waals surface area contributed by atoms with Gasteiger partial charge in [-0.05, 0) is 75.2 Å². The summed E-state index contributed by atoms with van der Waals surface area (Å²) in [5, 5.41) is 3.87. The van der Waals surface area contributed by atoms with Gasteiger partial charge in [0.15, 0.2) is 0 Å². The number of nitrogens with zero attached hydrogens (tertiary/aromatic N) is 1. The van der Waals surface area contributed by atoms with Gasteiger partial charge in [-0.1, -0.05) is 0 Å². The fourth-order valence-corrected chi connectivity index (χ4v) is 5.76. The Bertz CT molecular complexity index is 335. The van der Waals surface area contributed by atoms with Gasteiger partial charge in [-0.25, -0.2) is 0 Å². The molecule has 5 unspecified atom stereocenters. The van der Waals surface area contributed by atoms with Crippen LogP contribution in [0.3, 0.4) is 0 Å². The third-order valence-electron chi connectivity index (χ3n) is 6.62. The van der Waals surface area contributed by atoms with Gasteiger partial charge >= 0.3 is 0 Å². The maximum absolute atomic E-state index is 3.87. The number of hydrogen-bond donors (Lipinski definition) is 1. The molecule has 0 radical (unpaired) electrons. The monoisotopic (exact) mass is 246 g/mol. The van der Waals surface area contributed by atoms with Crippen LogP contribution in [-0.4, -0.2) is 36.1 Å². The molecule has 5 fully saturated rings. The molecular formula is C16H26N2. The van der Waals surface area contributed by atoms with Crippen molar-refractivity contribution in [1.29, 1.82) is 0 Å². The first-order valence-corrected chi connectivity index (χ1v) is 8.40. The van der Waals surface area contributed by atoms with E-state index in [-0.39, 0.29) is 0 Å². The van der Waals surface area contributed by atoms with Crippen molar-refractivity contribution in [3.8, 4) is 0 Å². The zero-order chi connectivity index (χ0) is 11.7. The molecular weight excluding hydrogens is 220 g/mol. The molecule has 4 saturated carbocycles. The van der Waals surface area contributed by atoms with Gasteiger partial charge in [-0.15, -0.1) is 0 Å². The Hall–Kier alpha value is -0.0800. The summed E-state index contributed by atoms with van der Waals surface area (Å²) in [6.07, 6.45) is 10.5. The van der Waals surface area contributed by atoms with E-state index in [2.05, 4.69) is 10.2 Å². The van der Waals surface area contributed by atoms with Crippen molar-refractivity contribution >= 4 is 0 Å². The molecule has 0 aromatic heterocycles. The van der Waals surface area contributed by atoms with Crippen molar-refractivity contribution in [3.63, 3.8) is 0 Å². The van der Waals surface area contributed by atoms with Crippen LogP contribution in [0.15, 0.2) is 0 Å². The minimum atomic E-state index is 0.824. The van der Waals surface area contributed by atoms with E-state index < -0.39 is 0 Å². The maximum Gasteiger partial charge on any atom is 0.0198 e. The normalized spacial score (nSPS) is 54.7. The van der Waals surface area contributed by atoms with Gasteiger partial charge in [0.05, 0.1) is 0 Å². The van der Waals surface area contributed by atoms with Crippen molar-refractivity contribution in [2.75, 3.05) is 13.1 Å². The van der Waals surface area contributed by atoms with E-state index in [1.807, 2.05) is 0 Å². The van der Waals surface area contributed by atoms with Crippen LogP contribution in [0.1, 0.15) is 44.9 Å². The average Bonchev–Trinajstić information content (AvgIpc) is 3.28. The predicted octanol–water partition coefficient (Wildman–Crippen LogP) is 2.25. The first-order chi connectivity index (χ1) is 8.90. The van der Waals surface area contributed by atoms with Gasteiger partial charge in [-0.3, -0.25) is 4.90 Å². The van der Waals surface area contributed by atoms with Crippen molar-refractivity contribution in [2.24, 2.45) is 23.7 Å². The summed E-state index contributed by atoms with van der Waals surface area (Å²) in [5.41, 5.74) is 0. The molecule has 18 heavy (non-hydrogen) atoms. The van der Waals surface area contributed by atoms with Crippen LogP contribution in [-0.2, 0) is 0 Å². The SMILES string of the molecule is C1CC(NC2CC2)CN(C2C3C4CCC(C4)C32)C1. The largest absolute Gasteiger partial charge is 0.310 e. The Labute approximate surface area is 110 Å². The highest BCUT2D eigenvalue weighted by Gasteiger charge is 2.66. The Morgan fingerprint density at radius 2 is 1.61 bits per heavy atom. The van der Waals surface area contributed by atoms with Gasteiger partial charge < -0.3 is 5.32 Å². The van der Waals surface area contributed by atoms with Gasteiger partial charge in [0, 0.05) is 24.7 Å². The zero-order valence-electron chi connectivity index (χ0n) is 11.4. The highest BCUT2D eigenvalue weighted by atomic mass is 15.2. The molecule has 0 spiro atoms. The first-order valence-electron chi connectivity index (χ1n) is 8.40. The van der Waals surface area contributed by atoms with Gasteiger partial charge in [-0.2, -0.15) is 0 Å². The highest BCUT2D eigenvalue weighted by molar-refractivity contribution is 5.17. The van der Waals surface area contributed by atoms with Crippen molar-refractivity contribution in [3.05, 3.63) is 0 Å². The highest BCUT2D eigenvalue weighted by Crippen LogP contribution is 2.67. The number of hydrogen-bond acceptors (Lipinski definition) is 2. The second-order valence-electron chi connectivity index (χ2n) is 7.75. The fraction of sp³-hybridized carbons (Fsp3) is 1.00. The van der Waals surface area contributed by atoms with Crippen molar-refractivity contribution in [2.45, 2.75) is 63.1 Å². The van der Waals surface area contributed by atoms with Crippen LogP contribution in [0, 0.1) is 23.7 Å². The lowest BCUT2D eigenvalue weighted by Gasteiger charge is -2.35. The van der Waals surface area contributed by atoms with Gasteiger partial charge in [0.2, 0.25) is 0 Å². The van der Waals surface area contributed by atoms with Crippen LogP contribution >= 0.6 is 0 Å². The van der Waals surface area contributed by atoms with Gasteiger partial charge in [0.1, 0.15) is 0 Å². The average molecular weight is 246 g/mol. The molecule has 1 aliphatic heterocycles. The standard InChI is InChI=1S/C16H26N2/c1-2-13(17-12-5-6-12)9-18(7-1)16-14-10-3-4-11(8-10)15(14)16/h10-17H,1-9H2. The lowest BCUT2D eigenvalue weighted by molar-refractivity contribution is 0.155. The molecule has 0 amide bonds. The Morgan fingerprint density at radius 1 is 0.833 bits per heavy atom. The lowest BCUT2D eigenvalue weighted by Crippen LogP contribution is -2.48. The molecule has 1 saturated heterocycles. The third-order valence-corrected chi connectivity index (χ3v) is 6.62. The lowest BCUT2D eigenvalue weighted by atomic mass is 10.0. The maximum atomic E-state index is 3.87. The summed E-state index contributed by atoms with van der Waals surface area (Å²) in [5.74, 6) is 4.57. The van der Waals surface area contributed by atoms with Crippen LogP contribution in [0.4, 0.5) is 0 Å². The number of rotatable bonds is 3. The molecule has 0 aromatic carbocycles. The molecule has 0 aromatic rings. The molecule has 2 heteroatoms. The molecule has 1 N–H and O–H groups in total. The number of nitrogens with one attached hydrogen (secondary N) is 1. The topological polar surface area (TPSA) is 15.3 Å². The minimum absolute atomic E-state index is 0.824. The summed E-state index contributed by atoms with van der Waals surface area (Å²) in [6.45, 7) is 2.77. The summed E-state index contributed by atoms with van der Waals surface area (Å²) >= 11 is 0. The number of fused-ring (bicyclic) bond motifs is 5. The second-order valence-corrected chi connectivity index (χ2v) is 7.75. The van der Waals surface area contributed by atoms with Gasteiger partial charge in [0.25, 0.3) is 0 Å². The Balaban J connectivity index is 1.25. The molecule has 2 nitrogen and oxygen atoms in total. The van der Waals surface area contributed by atoms with Crippen LogP contribution in [0.5, 0.6) is 0 Å². The van der Waals surface area contributed by atoms with E-state index in [1.165, 1.54) is 38.8 Å². The summed E-state index contributed by atoms with van der Waals surface area (Å²) in [7, 11) is 0. The minimum Gasteiger partial charge on any atom is -0.310 e. The Kier molecular flexibility index (Phi) is 2.21. The van der Waals surface area contributed by atoms with E-state index in [1.54, 1.807) is 19.3 Å². The van der Waals surface area contributed by atoms with E-state index in [0.29, 0.717) is 0 Å². The summed E-state index contributed by atoms with van der Waals surface area (Å²) in [6, 6.07) is 2.75. The second kappa shape index (κ2) is 3.73.